The van der Waals surface area contributed by atoms with Crippen LogP contribution in [-0.4, -0.2) is 15.5 Å². The molecule has 1 N–H and O–H groups in total. The van der Waals surface area contributed by atoms with Crippen LogP contribution in [0.4, 0.5) is 14.5 Å². The molecule has 0 spiro atoms. The standard InChI is InChI=1S/C15H11F2N3O2S/c1-7-11-14(18-6-20(2)15(11)22)23-12(7)13(21)19-10-4-3-8(16)5-9(10)17/h3-6H,1-2H3,(H,19,21). The topological polar surface area (TPSA) is 64.0 Å². The Morgan fingerprint density at radius 2 is 2.09 bits per heavy atom. The van der Waals surface area contributed by atoms with Crippen LogP contribution in [0.5, 0.6) is 0 Å². The van der Waals surface area contributed by atoms with Crippen LogP contribution >= 0.6 is 11.3 Å². The Morgan fingerprint density at radius 1 is 1.35 bits per heavy atom. The normalized spacial score (nSPS) is 11.0. The van der Waals surface area contributed by atoms with Crippen LogP contribution in [0.3, 0.4) is 0 Å². The summed E-state index contributed by atoms with van der Waals surface area (Å²) in [5.41, 5.74) is 0.101. The summed E-state index contributed by atoms with van der Waals surface area (Å²) >= 11 is 1.05. The first-order chi connectivity index (χ1) is 10.9. The molecule has 0 unspecified atom stereocenters. The van der Waals surface area contributed by atoms with E-state index in [1.165, 1.54) is 10.9 Å². The van der Waals surface area contributed by atoms with E-state index in [4.69, 9.17) is 0 Å². The predicted octanol–water partition coefficient (Wildman–Crippen LogP) is 2.83. The van der Waals surface area contributed by atoms with Gasteiger partial charge in [-0.05, 0) is 24.6 Å². The molecule has 5 nitrogen and oxygen atoms in total. The van der Waals surface area contributed by atoms with Gasteiger partial charge in [-0.3, -0.25) is 9.59 Å². The van der Waals surface area contributed by atoms with Crippen LogP contribution in [0.15, 0.2) is 29.3 Å². The Balaban J connectivity index is 2.03. The summed E-state index contributed by atoms with van der Waals surface area (Å²) in [6, 6.07) is 2.88. The highest BCUT2D eigenvalue weighted by Crippen LogP contribution is 2.28. The molecule has 23 heavy (non-hydrogen) atoms. The van der Waals surface area contributed by atoms with Crippen LogP contribution in [-0.2, 0) is 7.05 Å². The molecule has 0 aliphatic heterocycles. The zero-order valence-corrected chi connectivity index (χ0v) is 13.0. The number of rotatable bonds is 2. The number of aromatic nitrogens is 2. The summed E-state index contributed by atoms with van der Waals surface area (Å²) in [6.07, 6.45) is 1.38. The maximum absolute atomic E-state index is 13.6. The van der Waals surface area contributed by atoms with Crippen molar-refractivity contribution in [2.75, 3.05) is 5.32 Å². The molecular weight excluding hydrogens is 324 g/mol. The Hall–Kier alpha value is -2.61. The largest absolute Gasteiger partial charge is 0.319 e. The van der Waals surface area contributed by atoms with Crippen LogP contribution in [0.1, 0.15) is 15.2 Å². The molecule has 0 aliphatic rings. The maximum Gasteiger partial charge on any atom is 0.266 e. The summed E-state index contributed by atoms with van der Waals surface area (Å²) in [5, 5.41) is 2.75. The third kappa shape index (κ3) is 2.61. The van der Waals surface area contributed by atoms with Crippen molar-refractivity contribution >= 4 is 33.1 Å². The zero-order valence-electron chi connectivity index (χ0n) is 12.2. The Morgan fingerprint density at radius 3 is 2.78 bits per heavy atom. The van der Waals surface area contributed by atoms with E-state index in [0.29, 0.717) is 21.8 Å². The molecule has 0 saturated heterocycles. The quantitative estimate of drug-likeness (QED) is 0.783. The Bertz CT molecular complexity index is 994. The van der Waals surface area contributed by atoms with E-state index in [9.17, 15) is 18.4 Å². The third-order valence-electron chi connectivity index (χ3n) is 3.40. The Labute approximate surface area is 133 Å². The van der Waals surface area contributed by atoms with Gasteiger partial charge in [0.15, 0.2) is 0 Å². The van der Waals surface area contributed by atoms with Crippen molar-refractivity contribution in [1.29, 1.82) is 0 Å². The second kappa shape index (κ2) is 5.54. The fourth-order valence-corrected chi connectivity index (χ4v) is 3.23. The first-order valence-electron chi connectivity index (χ1n) is 6.59. The highest BCUT2D eigenvalue weighted by Gasteiger charge is 2.20. The summed E-state index contributed by atoms with van der Waals surface area (Å²) in [6.45, 7) is 1.64. The van der Waals surface area contributed by atoms with E-state index in [-0.39, 0.29) is 16.1 Å². The smallest absolute Gasteiger partial charge is 0.266 e. The molecule has 0 radical (unpaired) electrons. The fraction of sp³-hybridized carbons (Fsp3) is 0.133. The first kappa shape index (κ1) is 15.3. The van der Waals surface area contributed by atoms with Gasteiger partial charge in [0.2, 0.25) is 0 Å². The molecule has 1 aromatic carbocycles. The first-order valence-corrected chi connectivity index (χ1v) is 7.41. The van der Waals surface area contributed by atoms with E-state index >= 15 is 0 Å². The van der Waals surface area contributed by atoms with Crippen LogP contribution < -0.4 is 10.9 Å². The Kier molecular flexibility index (Phi) is 3.69. The van der Waals surface area contributed by atoms with Crippen LogP contribution in [0, 0.1) is 18.6 Å². The highest BCUT2D eigenvalue weighted by molar-refractivity contribution is 7.20. The average molecular weight is 335 g/mol. The number of benzene rings is 1. The molecule has 0 bridgehead atoms. The van der Waals surface area contributed by atoms with Gasteiger partial charge < -0.3 is 9.88 Å². The van der Waals surface area contributed by atoms with E-state index < -0.39 is 17.5 Å². The second-order valence-electron chi connectivity index (χ2n) is 4.98. The molecule has 0 saturated carbocycles. The number of thiophene rings is 1. The van der Waals surface area contributed by atoms with Gasteiger partial charge in [0.1, 0.15) is 16.5 Å². The monoisotopic (exact) mass is 335 g/mol. The van der Waals surface area contributed by atoms with Gasteiger partial charge in [-0.15, -0.1) is 11.3 Å². The highest BCUT2D eigenvalue weighted by atomic mass is 32.1. The lowest BCUT2D eigenvalue weighted by Crippen LogP contribution is -2.17. The van der Waals surface area contributed by atoms with Gasteiger partial charge in [0, 0.05) is 13.1 Å². The van der Waals surface area contributed by atoms with Crippen LogP contribution in [0.2, 0.25) is 0 Å². The summed E-state index contributed by atoms with van der Waals surface area (Å²) in [4.78, 5) is 29.3. The van der Waals surface area contributed by atoms with Crippen molar-refractivity contribution in [3.05, 3.63) is 57.0 Å². The zero-order chi connectivity index (χ0) is 16.7. The lowest BCUT2D eigenvalue weighted by atomic mass is 10.2. The minimum absolute atomic E-state index is 0.130. The van der Waals surface area contributed by atoms with Gasteiger partial charge >= 0.3 is 0 Å². The summed E-state index contributed by atoms with van der Waals surface area (Å²) < 4.78 is 27.9. The van der Waals surface area contributed by atoms with Crippen molar-refractivity contribution < 1.29 is 13.6 Å². The van der Waals surface area contributed by atoms with Crippen molar-refractivity contribution in [3.8, 4) is 0 Å². The summed E-state index contributed by atoms with van der Waals surface area (Å²) in [7, 11) is 1.57. The SMILES string of the molecule is Cc1c(C(=O)Nc2ccc(F)cc2F)sc2ncn(C)c(=O)c12. The number of amides is 1. The van der Waals surface area contributed by atoms with Crippen molar-refractivity contribution in [2.24, 2.45) is 7.05 Å². The number of fused-ring (bicyclic) bond motifs is 1. The number of halogens is 2. The lowest BCUT2D eigenvalue weighted by molar-refractivity contribution is 0.102. The number of carbonyl (C=O) groups excluding carboxylic acids is 1. The van der Waals surface area contributed by atoms with Crippen molar-refractivity contribution in [1.82, 2.24) is 9.55 Å². The third-order valence-corrected chi connectivity index (χ3v) is 4.59. The molecular formula is C15H11F2N3O2S. The fourth-order valence-electron chi connectivity index (χ4n) is 2.20. The molecule has 0 atom stereocenters. The number of hydrogen-bond acceptors (Lipinski definition) is 4. The molecule has 3 aromatic rings. The summed E-state index contributed by atoms with van der Waals surface area (Å²) in [5.74, 6) is -2.17. The lowest BCUT2D eigenvalue weighted by Gasteiger charge is -2.05. The minimum Gasteiger partial charge on any atom is -0.319 e. The van der Waals surface area contributed by atoms with E-state index in [0.717, 1.165) is 23.5 Å². The van der Waals surface area contributed by atoms with Crippen LogP contribution in [0.25, 0.3) is 10.2 Å². The second-order valence-corrected chi connectivity index (χ2v) is 5.97. The van der Waals surface area contributed by atoms with Gasteiger partial charge in [-0.2, -0.15) is 0 Å². The van der Waals surface area contributed by atoms with Gasteiger partial charge in [-0.25, -0.2) is 13.8 Å². The molecule has 0 aliphatic carbocycles. The van der Waals surface area contributed by atoms with Gasteiger partial charge in [0.05, 0.1) is 22.3 Å². The van der Waals surface area contributed by atoms with Gasteiger partial charge in [-0.1, -0.05) is 0 Å². The van der Waals surface area contributed by atoms with E-state index in [1.54, 1.807) is 14.0 Å². The van der Waals surface area contributed by atoms with Crippen molar-refractivity contribution in [2.45, 2.75) is 6.92 Å². The maximum atomic E-state index is 13.6. The van der Waals surface area contributed by atoms with E-state index in [2.05, 4.69) is 10.3 Å². The number of aryl methyl sites for hydroxylation is 2. The minimum atomic E-state index is -0.869. The number of anilines is 1. The van der Waals surface area contributed by atoms with Gasteiger partial charge in [0.25, 0.3) is 11.5 Å². The molecule has 2 aromatic heterocycles. The predicted molar refractivity (Wildman–Crippen MR) is 83.9 cm³/mol. The molecule has 1 amide bonds. The average Bonchev–Trinajstić information content (AvgIpc) is 2.84. The molecule has 2 heterocycles. The number of carbonyl (C=O) groups is 1. The van der Waals surface area contributed by atoms with E-state index in [1.807, 2.05) is 0 Å². The molecule has 118 valence electrons. The molecule has 8 heteroatoms. The number of nitrogens with one attached hydrogen (secondary N) is 1. The number of hydrogen-bond donors (Lipinski definition) is 1. The van der Waals surface area contributed by atoms with Crippen molar-refractivity contribution in [3.63, 3.8) is 0 Å². The number of nitrogens with zero attached hydrogens (tertiary/aromatic N) is 2. The molecule has 0 fully saturated rings. The molecule has 3 rings (SSSR count).